The minimum atomic E-state index is -3.51. The van der Waals surface area contributed by atoms with Gasteiger partial charge in [-0.05, 0) is 23.8 Å². The lowest BCUT2D eigenvalue weighted by Gasteiger charge is -2.13. The molecular weight excluding hydrogens is 272 g/mol. The third-order valence-electron chi connectivity index (χ3n) is 2.14. The average molecular weight is 286 g/mol. The summed E-state index contributed by atoms with van der Waals surface area (Å²) in [6, 6.07) is 3.51. The molecule has 1 rings (SSSR count). The molecule has 2 N–H and O–H groups in total. The van der Waals surface area contributed by atoms with Crippen LogP contribution in [0.5, 0.6) is 0 Å². The maximum Gasteiger partial charge on any atom is 0.270 e. The molecule has 0 atom stereocenters. The second kappa shape index (κ2) is 5.29. The monoisotopic (exact) mass is 285 g/mol. The standard InChI is InChI=1S/C10H13F2NO2S.ClH/c1-10(11,12)8-3-7(6-13)4-9(5-8)16(2,14)15;/h3-5H,6,13H2,1-2H3;1H. The molecule has 0 saturated heterocycles. The van der Waals surface area contributed by atoms with Crippen LogP contribution in [0.4, 0.5) is 8.78 Å². The molecule has 0 radical (unpaired) electrons. The normalized spacial score (nSPS) is 12.1. The highest BCUT2D eigenvalue weighted by molar-refractivity contribution is 7.90. The van der Waals surface area contributed by atoms with E-state index in [9.17, 15) is 17.2 Å². The highest BCUT2D eigenvalue weighted by Crippen LogP contribution is 2.29. The molecule has 0 bridgehead atoms. The first-order valence-electron chi connectivity index (χ1n) is 4.57. The molecule has 0 aliphatic rings. The second-order valence-corrected chi connectivity index (χ2v) is 5.75. The van der Waals surface area contributed by atoms with Crippen LogP contribution in [0.25, 0.3) is 0 Å². The molecular formula is C10H14ClF2NO2S. The molecule has 1 aromatic rings. The smallest absolute Gasteiger partial charge is 0.270 e. The molecule has 0 aliphatic carbocycles. The Morgan fingerprint density at radius 1 is 1.29 bits per heavy atom. The fraction of sp³-hybridized carbons (Fsp3) is 0.400. The summed E-state index contributed by atoms with van der Waals surface area (Å²) in [5, 5.41) is 0. The lowest BCUT2D eigenvalue weighted by Crippen LogP contribution is -2.11. The third-order valence-corrected chi connectivity index (χ3v) is 3.23. The molecule has 0 fully saturated rings. The lowest BCUT2D eigenvalue weighted by molar-refractivity contribution is 0.0172. The first-order valence-corrected chi connectivity index (χ1v) is 6.46. The quantitative estimate of drug-likeness (QED) is 0.925. The van der Waals surface area contributed by atoms with Crippen LogP contribution in [0, 0.1) is 0 Å². The molecule has 0 unspecified atom stereocenters. The lowest BCUT2D eigenvalue weighted by atomic mass is 10.1. The molecule has 98 valence electrons. The van der Waals surface area contributed by atoms with Crippen molar-refractivity contribution in [1.29, 1.82) is 0 Å². The zero-order valence-corrected chi connectivity index (χ0v) is 11.0. The summed E-state index contributed by atoms with van der Waals surface area (Å²) >= 11 is 0. The predicted octanol–water partition coefficient (Wildman–Crippen LogP) is 2.08. The van der Waals surface area contributed by atoms with Crippen molar-refractivity contribution < 1.29 is 17.2 Å². The maximum absolute atomic E-state index is 13.1. The first-order chi connectivity index (χ1) is 7.14. The Hall–Kier alpha value is -0.720. The zero-order valence-electron chi connectivity index (χ0n) is 9.41. The Labute approximate surface area is 105 Å². The Kier molecular flexibility index (Phi) is 5.06. The van der Waals surface area contributed by atoms with Crippen LogP contribution in [0.3, 0.4) is 0 Å². The van der Waals surface area contributed by atoms with Crippen LogP contribution in [0.15, 0.2) is 23.1 Å². The van der Waals surface area contributed by atoms with Crippen molar-refractivity contribution in [2.24, 2.45) is 5.73 Å². The fourth-order valence-electron chi connectivity index (χ4n) is 1.25. The van der Waals surface area contributed by atoms with Crippen LogP contribution >= 0.6 is 12.4 Å². The summed E-state index contributed by atoms with van der Waals surface area (Å²) in [6.07, 6.45) is 0.972. The SMILES string of the molecule is CC(F)(F)c1cc(CN)cc(S(C)(=O)=O)c1.Cl. The molecule has 0 aliphatic heterocycles. The number of hydrogen-bond donors (Lipinski definition) is 1. The minimum absolute atomic E-state index is 0. The number of benzene rings is 1. The number of halogens is 3. The van der Waals surface area contributed by atoms with Crippen LogP contribution in [0.1, 0.15) is 18.1 Å². The van der Waals surface area contributed by atoms with Gasteiger partial charge in [0.15, 0.2) is 9.84 Å². The Balaban J connectivity index is 0.00000256. The van der Waals surface area contributed by atoms with Crippen molar-refractivity contribution in [2.45, 2.75) is 24.3 Å². The molecule has 17 heavy (non-hydrogen) atoms. The second-order valence-electron chi connectivity index (χ2n) is 3.73. The highest BCUT2D eigenvalue weighted by Gasteiger charge is 2.26. The minimum Gasteiger partial charge on any atom is -0.326 e. The van der Waals surface area contributed by atoms with E-state index in [4.69, 9.17) is 5.73 Å². The average Bonchev–Trinajstić information content (AvgIpc) is 2.14. The van der Waals surface area contributed by atoms with Crippen molar-refractivity contribution in [1.82, 2.24) is 0 Å². The summed E-state index contributed by atoms with van der Waals surface area (Å²) < 4.78 is 48.8. The van der Waals surface area contributed by atoms with E-state index in [0.29, 0.717) is 12.5 Å². The highest BCUT2D eigenvalue weighted by atomic mass is 35.5. The molecule has 0 spiro atoms. The predicted molar refractivity (Wildman–Crippen MR) is 64.3 cm³/mol. The Bertz CT molecular complexity index is 498. The number of nitrogens with two attached hydrogens (primary N) is 1. The van der Waals surface area contributed by atoms with Gasteiger partial charge < -0.3 is 5.73 Å². The summed E-state index contributed by atoms with van der Waals surface area (Å²) in [5.74, 6) is -3.08. The zero-order chi connectivity index (χ0) is 12.6. The van der Waals surface area contributed by atoms with Gasteiger partial charge in [0, 0.05) is 25.3 Å². The summed E-state index contributed by atoms with van der Waals surface area (Å²) in [7, 11) is -3.51. The molecule has 0 heterocycles. The molecule has 0 aromatic heterocycles. The summed E-state index contributed by atoms with van der Waals surface area (Å²) in [5.41, 5.74) is 5.37. The van der Waals surface area contributed by atoms with Gasteiger partial charge >= 0.3 is 0 Å². The van der Waals surface area contributed by atoms with Crippen LogP contribution < -0.4 is 5.73 Å². The van der Waals surface area contributed by atoms with Crippen molar-refractivity contribution in [2.75, 3.05) is 6.26 Å². The van der Waals surface area contributed by atoms with Crippen LogP contribution in [-0.4, -0.2) is 14.7 Å². The van der Waals surface area contributed by atoms with Gasteiger partial charge in [0.05, 0.1) is 4.90 Å². The van der Waals surface area contributed by atoms with E-state index in [0.717, 1.165) is 12.3 Å². The maximum atomic E-state index is 13.1. The summed E-state index contributed by atoms with van der Waals surface area (Å²) in [6.45, 7) is 0.737. The molecule has 0 saturated carbocycles. The van der Waals surface area contributed by atoms with Crippen molar-refractivity contribution in [3.63, 3.8) is 0 Å². The van der Waals surface area contributed by atoms with E-state index in [1.165, 1.54) is 12.1 Å². The first kappa shape index (κ1) is 16.3. The van der Waals surface area contributed by atoms with Gasteiger partial charge in [0.2, 0.25) is 0 Å². The summed E-state index contributed by atoms with van der Waals surface area (Å²) in [4.78, 5) is -0.132. The molecule has 3 nitrogen and oxygen atoms in total. The number of alkyl halides is 2. The van der Waals surface area contributed by atoms with Gasteiger partial charge in [0.25, 0.3) is 5.92 Å². The van der Waals surface area contributed by atoms with Crippen molar-refractivity contribution in [3.05, 3.63) is 29.3 Å². The van der Waals surface area contributed by atoms with Crippen molar-refractivity contribution >= 4 is 22.2 Å². The van der Waals surface area contributed by atoms with E-state index in [-0.39, 0.29) is 29.4 Å². The molecule has 0 amide bonds. The number of sulfone groups is 1. The van der Waals surface area contributed by atoms with E-state index in [1.807, 2.05) is 0 Å². The van der Waals surface area contributed by atoms with Gasteiger partial charge in [-0.1, -0.05) is 0 Å². The van der Waals surface area contributed by atoms with Gasteiger partial charge in [0.1, 0.15) is 0 Å². The van der Waals surface area contributed by atoms with E-state index >= 15 is 0 Å². The Morgan fingerprint density at radius 2 is 1.82 bits per heavy atom. The van der Waals surface area contributed by atoms with Gasteiger partial charge in [-0.15, -0.1) is 12.4 Å². The van der Waals surface area contributed by atoms with Gasteiger partial charge in [-0.3, -0.25) is 0 Å². The van der Waals surface area contributed by atoms with Crippen molar-refractivity contribution in [3.8, 4) is 0 Å². The fourth-order valence-corrected chi connectivity index (χ4v) is 1.95. The number of rotatable bonds is 3. The van der Waals surface area contributed by atoms with Gasteiger partial charge in [-0.2, -0.15) is 0 Å². The van der Waals surface area contributed by atoms with Gasteiger partial charge in [-0.25, -0.2) is 17.2 Å². The topological polar surface area (TPSA) is 60.2 Å². The van der Waals surface area contributed by atoms with E-state index < -0.39 is 15.8 Å². The largest absolute Gasteiger partial charge is 0.326 e. The van der Waals surface area contributed by atoms with E-state index in [2.05, 4.69) is 0 Å². The number of hydrogen-bond acceptors (Lipinski definition) is 3. The Morgan fingerprint density at radius 3 is 2.18 bits per heavy atom. The third kappa shape index (κ3) is 4.22. The molecule has 7 heteroatoms. The van der Waals surface area contributed by atoms with E-state index in [1.54, 1.807) is 0 Å². The van der Waals surface area contributed by atoms with Crippen LogP contribution in [0.2, 0.25) is 0 Å². The van der Waals surface area contributed by atoms with Crippen LogP contribution in [-0.2, 0) is 22.3 Å². The molecule has 1 aromatic carbocycles.